The van der Waals surface area contributed by atoms with Crippen LogP contribution in [-0.4, -0.2) is 112 Å². The largest absolute Gasteiger partial charge is 0.497 e. The number of alkyl halides is 2. The van der Waals surface area contributed by atoms with E-state index >= 15 is 18.0 Å². The van der Waals surface area contributed by atoms with Gasteiger partial charge in [0.2, 0.25) is 21.8 Å². The maximum absolute atomic E-state index is 15.7. The van der Waals surface area contributed by atoms with E-state index in [4.69, 9.17) is 19.2 Å². The molecule has 2 saturated carbocycles. The van der Waals surface area contributed by atoms with E-state index in [2.05, 4.69) is 10.0 Å². The lowest BCUT2D eigenvalue weighted by atomic mass is 9.81. The Bertz CT molecular complexity index is 2640. The summed E-state index contributed by atoms with van der Waals surface area (Å²) in [5.41, 5.74) is -3.10. The molecule has 0 unspecified atom stereocenters. The fraction of sp³-hybridized carbons (Fsp3) is 0.580. The van der Waals surface area contributed by atoms with Crippen LogP contribution in [0, 0.1) is 23.6 Å². The molecule has 1 saturated heterocycles. The van der Waals surface area contributed by atoms with Gasteiger partial charge in [0.1, 0.15) is 40.8 Å². The van der Waals surface area contributed by atoms with Gasteiger partial charge in [0, 0.05) is 42.3 Å². The van der Waals surface area contributed by atoms with E-state index < -0.39 is 91.4 Å². The molecule has 19 heteroatoms. The first-order valence-corrected chi connectivity index (χ1v) is 25.1. The Kier molecular flexibility index (Phi) is 14.1. The molecular formula is C50H64F3N5O10S. The van der Waals surface area contributed by atoms with Crippen molar-refractivity contribution < 1.29 is 60.1 Å². The highest BCUT2D eigenvalue weighted by molar-refractivity contribution is 7.91. The lowest BCUT2D eigenvalue weighted by Crippen LogP contribution is -2.67. The molecule has 7 rings (SSSR count). The molecule has 1 aromatic heterocycles. The van der Waals surface area contributed by atoms with Crippen molar-refractivity contribution in [2.75, 3.05) is 13.7 Å². The number of ether oxygens (including phenoxy) is 3. The summed E-state index contributed by atoms with van der Waals surface area (Å²) in [6.45, 7) is 11.1. The number of amides is 4. The van der Waals surface area contributed by atoms with Gasteiger partial charge in [-0.15, -0.1) is 0 Å². The highest BCUT2D eigenvalue weighted by Crippen LogP contribution is 2.48. The number of rotatable bonds is 13. The number of halogens is 3. The minimum atomic E-state index is -4.14. The SMILES string of the molecule is CC[C@@H]1C[C@H](C)CC/C=C\[C@@H]2C[C@@]2(C(=O)NS(=O)(=O)C2(C)CC2)NC(=O)[C@@H]2C[C@@H](Oc3cc(-c4ccc(OC(C)C)c(F)c4)nc4cc(OC)ccc34)CN2C(=O)[C@H]1N(C(=O)O)C(C)(C)C(C)(F)F. The van der Waals surface area contributed by atoms with Gasteiger partial charge < -0.3 is 29.5 Å². The Morgan fingerprint density at radius 2 is 1.78 bits per heavy atom. The number of carbonyl (C=O) groups excluding carboxylic acids is 3. The van der Waals surface area contributed by atoms with Crippen molar-refractivity contribution in [3.63, 3.8) is 0 Å². The lowest BCUT2D eigenvalue weighted by Gasteiger charge is -2.47. The second kappa shape index (κ2) is 19.0. The van der Waals surface area contributed by atoms with E-state index in [0.29, 0.717) is 59.7 Å². The monoisotopic (exact) mass is 983 g/mol. The number of aromatic nitrogens is 1. The van der Waals surface area contributed by atoms with Crippen molar-refractivity contribution in [2.45, 2.75) is 153 Å². The van der Waals surface area contributed by atoms with Crippen molar-refractivity contribution in [1.82, 2.24) is 24.8 Å². The Morgan fingerprint density at radius 1 is 1.07 bits per heavy atom. The number of allylic oxidation sites excluding steroid dienone is 1. The van der Waals surface area contributed by atoms with Gasteiger partial charge >= 0.3 is 6.09 Å². The van der Waals surface area contributed by atoms with E-state index in [1.54, 1.807) is 57.2 Å². The molecule has 0 bridgehead atoms. The van der Waals surface area contributed by atoms with Gasteiger partial charge in [-0.25, -0.2) is 31.4 Å². The third-order valence-corrected chi connectivity index (χ3v) is 16.8. The molecule has 3 heterocycles. The van der Waals surface area contributed by atoms with Crippen LogP contribution in [0.3, 0.4) is 0 Å². The molecule has 3 fully saturated rings. The van der Waals surface area contributed by atoms with Crippen molar-refractivity contribution in [3.05, 3.63) is 60.4 Å². The molecule has 2 aliphatic carbocycles. The molecule has 376 valence electrons. The molecule has 4 aliphatic rings. The molecule has 4 amide bonds. The average molecular weight is 984 g/mol. The third kappa shape index (κ3) is 10.2. The second-order valence-electron chi connectivity index (χ2n) is 20.4. The minimum absolute atomic E-state index is 0.0436. The standard InChI is InChI=1S/C50H64F3N5O10S/c1-10-30-21-29(4)13-11-12-14-32-26-50(32,45(61)56-69(64,65)48(7)19-20-48)55-43(59)39-24-34(27-57(39)44(60)42(30)58(46(62)63)47(5,6)49(8,52)53)68-41-25-37(54-38-23-33(66-9)16-17-35(38)41)31-15-18-40(36(51)22-31)67-28(2)3/h12,14-18,22-23,25,28-30,32,34,39,42H,10-11,13,19-21,24,26-27H2,1-9H3,(H,55,59)(H,56,61)(H,62,63)/b14-12-/t29-,30-,32-,34-,39+,42+,50-/m1/s1. The number of methoxy groups -OCH3 is 1. The van der Waals surface area contributed by atoms with Crippen molar-refractivity contribution >= 4 is 44.7 Å². The number of hydrogen-bond acceptors (Lipinski definition) is 10. The van der Waals surface area contributed by atoms with E-state index in [9.17, 15) is 27.9 Å². The van der Waals surface area contributed by atoms with Crippen molar-refractivity contribution in [1.29, 1.82) is 0 Å². The number of nitrogens with one attached hydrogen (secondary N) is 2. The van der Waals surface area contributed by atoms with Gasteiger partial charge in [0.05, 0.1) is 35.7 Å². The van der Waals surface area contributed by atoms with Crippen LogP contribution in [0.25, 0.3) is 22.2 Å². The van der Waals surface area contributed by atoms with Crippen LogP contribution in [-0.2, 0) is 24.4 Å². The van der Waals surface area contributed by atoms with E-state index in [-0.39, 0.29) is 61.4 Å². The first-order chi connectivity index (χ1) is 32.3. The predicted octanol–water partition coefficient (Wildman–Crippen LogP) is 8.24. The van der Waals surface area contributed by atoms with Crippen LogP contribution in [0.1, 0.15) is 107 Å². The zero-order valence-electron chi connectivity index (χ0n) is 40.6. The lowest BCUT2D eigenvalue weighted by molar-refractivity contribution is -0.157. The number of benzene rings is 2. The highest BCUT2D eigenvalue weighted by Gasteiger charge is 2.63. The van der Waals surface area contributed by atoms with Crippen LogP contribution in [0.2, 0.25) is 0 Å². The Morgan fingerprint density at radius 3 is 2.39 bits per heavy atom. The molecule has 3 aromatic rings. The van der Waals surface area contributed by atoms with E-state index in [1.807, 2.05) is 13.0 Å². The normalized spacial score (nSPS) is 26.7. The molecule has 2 aromatic carbocycles. The van der Waals surface area contributed by atoms with E-state index in [1.165, 1.54) is 26.2 Å². The van der Waals surface area contributed by atoms with Crippen LogP contribution in [0.4, 0.5) is 18.0 Å². The van der Waals surface area contributed by atoms with Crippen molar-refractivity contribution in [2.24, 2.45) is 17.8 Å². The summed E-state index contributed by atoms with van der Waals surface area (Å²) in [6, 6.07) is 7.85. The van der Waals surface area contributed by atoms with Gasteiger partial charge in [0.15, 0.2) is 11.6 Å². The third-order valence-electron chi connectivity index (χ3n) is 14.6. The minimum Gasteiger partial charge on any atom is -0.497 e. The zero-order valence-corrected chi connectivity index (χ0v) is 41.4. The summed E-state index contributed by atoms with van der Waals surface area (Å²) in [5.74, 6) is -7.78. The predicted molar refractivity (Wildman–Crippen MR) is 252 cm³/mol. The topological polar surface area (TPSA) is 194 Å². The molecule has 15 nitrogen and oxygen atoms in total. The number of fused-ring (bicyclic) bond motifs is 3. The highest BCUT2D eigenvalue weighted by atomic mass is 32.2. The van der Waals surface area contributed by atoms with Crippen LogP contribution < -0.4 is 24.2 Å². The van der Waals surface area contributed by atoms with Gasteiger partial charge in [-0.3, -0.25) is 24.0 Å². The van der Waals surface area contributed by atoms with Crippen LogP contribution in [0.5, 0.6) is 17.2 Å². The number of sulfonamides is 1. The van der Waals surface area contributed by atoms with Crippen LogP contribution in [0.15, 0.2) is 54.6 Å². The smallest absolute Gasteiger partial charge is 0.408 e. The Labute approximate surface area is 401 Å². The van der Waals surface area contributed by atoms with E-state index in [0.717, 1.165) is 18.7 Å². The molecule has 69 heavy (non-hydrogen) atoms. The van der Waals surface area contributed by atoms with Crippen LogP contribution >= 0.6 is 0 Å². The van der Waals surface area contributed by atoms with Gasteiger partial charge in [-0.1, -0.05) is 32.4 Å². The van der Waals surface area contributed by atoms with Gasteiger partial charge in [-0.2, -0.15) is 0 Å². The number of hydrogen-bond donors (Lipinski definition) is 3. The van der Waals surface area contributed by atoms with Gasteiger partial charge in [-0.05, 0) is 115 Å². The van der Waals surface area contributed by atoms with Gasteiger partial charge in [0.25, 0.3) is 11.8 Å². The molecular weight excluding hydrogens is 920 g/mol. The maximum Gasteiger partial charge on any atom is 0.408 e. The maximum atomic E-state index is 15.7. The molecule has 7 atom stereocenters. The number of nitrogens with zero attached hydrogens (tertiary/aromatic N) is 3. The fourth-order valence-electron chi connectivity index (χ4n) is 9.58. The Hall–Kier alpha value is -5.59. The number of carboxylic acid groups (broad SMARTS) is 1. The summed E-state index contributed by atoms with van der Waals surface area (Å²) in [7, 11) is -2.66. The van der Waals surface area contributed by atoms with Crippen molar-refractivity contribution in [3.8, 4) is 28.5 Å². The second-order valence-corrected chi connectivity index (χ2v) is 22.6. The first-order valence-electron chi connectivity index (χ1n) is 23.6. The quantitative estimate of drug-likeness (QED) is 0.140. The first kappa shape index (κ1) is 51.3. The fourth-order valence-corrected chi connectivity index (χ4v) is 10.9. The average Bonchev–Trinajstić information content (AvgIpc) is 4.15. The molecule has 0 radical (unpaired) electrons. The molecule has 2 aliphatic heterocycles. The molecule has 0 spiro atoms. The Balaban J connectivity index is 1.34. The zero-order chi connectivity index (χ0) is 50.6. The number of carbonyl (C=O) groups is 4. The summed E-state index contributed by atoms with van der Waals surface area (Å²) in [4.78, 5) is 64.6. The summed E-state index contributed by atoms with van der Waals surface area (Å²) < 4.78 is 92.4. The summed E-state index contributed by atoms with van der Waals surface area (Å²) in [5, 5.41) is 14.2. The summed E-state index contributed by atoms with van der Waals surface area (Å²) >= 11 is 0. The molecule has 3 N–H and O–H groups in total. The number of pyridine rings is 1. The summed E-state index contributed by atoms with van der Waals surface area (Å²) in [6.07, 6.45) is 2.63.